The van der Waals surface area contributed by atoms with E-state index in [0.717, 1.165) is 6.07 Å². The van der Waals surface area contributed by atoms with Crippen LogP contribution in [0.1, 0.15) is 20.8 Å². The van der Waals surface area contributed by atoms with Gasteiger partial charge in [0.2, 0.25) is 17.7 Å². The fourth-order valence-electron chi connectivity index (χ4n) is 4.43. The maximum atomic E-state index is 11.1. The summed E-state index contributed by atoms with van der Waals surface area (Å²) in [5.41, 5.74) is 3.03. The number of nitrogens with zero attached hydrogens (tertiary/aromatic N) is 6. The number of aromatic nitrogens is 3. The monoisotopic (exact) mass is 787 g/mol. The number of amides is 3. The molecule has 0 atom stereocenters. The van der Waals surface area contributed by atoms with Crippen LogP contribution >= 0.6 is 23.2 Å². The van der Waals surface area contributed by atoms with Crippen molar-refractivity contribution >= 4 is 86.1 Å². The molecule has 55 heavy (non-hydrogen) atoms. The molecule has 282 valence electrons. The average molecular weight is 789 g/mol. The number of rotatable bonds is 7. The number of phenolic OH excluding ortho intramolecular Hbond substituents is 3. The third-order valence-electron chi connectivity index (χ3n) is 6.74. The summed E-state index contributed by atoms with van der Waals surface area (Å²) < 4.78 is 0. The van der Waals surface area contributed by atoms with Crippen LogP contribution in [0.5, 0.6) is 17.2 Å². The van der Waals surface area contributed by atoms with E-state index < -0.39 is 4.92 Å². The van der Waals surface area contributed by atoms with Crippen molar-refractivity contribution in [3.8, 4) is 22.9 Å². The highest BCUT2D eigenvalue weighted by Gasteiger charge is 2.15. The molecule has 6 N–H and O–H groups in total. The second-order valence-electron chi connectivity index (χ2n) is 11.2. The van der Waals surface area contributed by atoms with Crippen molar-refractivity contribution in [2.45, 2.75) is 20.8 Å². The van der Waals surface area contributed by atoms with Crippen LogP contribution in [-0.4, -0.2) is 53.0 Å². The third kappa shape index (κ3) is 12.2. The molecule has 19 heteroatoms. The van der Waals surface area contributed by atoms with Crippen LogP contribution in [-0.2, 0) is 14.4 Å². The first-order valence-corrected chi connectivity index (χ1v) is 16.5. The van der Waals surface area contributed by atoms with E-state index in [1.807, 2.05) is 0 Å². The summed E-state index contributed by atoms with van der Waals surface area (Å²) in [6.45, 7) is 4.19. The van der Waals surface area contributed by atoms with Gasteiger partial charge in [0.05, 0.1) is 4.92 Å². The molecule has 0 spiro atoms. The van der Waals surface area contributed by atoms with Crippen LogP contribution in [0.2, 0.25) is 10.0 Å². The number of nitro benzene ring substituents is 1. The zero-order chi connectivity index (χ0) is 40.2. The van der Waals surface area contributed by atoms with Crippen LogP contribution < -0.4 is 16.0 Å². The highest BCUT2D eigenvalue weighted by Crippen LogP contribution is 2.35. The Morgan fingerprint density at radius 2 is 1.15 bits per heavy atom. The van der Waals surface area contributed by atoms with Crippen molar-refractivity contribution in [1.29, 1.82) is 0 Å². The van der Waals surface area contributed by atoms with Crippen molar-refractivity contribution in [2.75, 3.05) is 16.0 Å². The number of carbonyl (C=O) groups excluding carboxylic acids is 3. The number of carbonyl (C=O) groups is 3. The van der Waals surface area contributed by atoms with Gasteiger partial charge in [0.25, 0.3) is 5.69 Å². The molecule has 0 aliphatic heterocycles. The van der Waals surface area contributed by atoms with Crippen LogP contribution in [0.4, 0.5) is 34.1 Å². The Hall–Kier alpha value is -7.11. The van der Waals surface area contributed by atoms with E-state index in [1.54, 1.807) is 42.5 Å². The number of hydrogen-bond acceptors (Lipinski definition) is 12. The number of anilines is 3. The third-order valence-corrected chi connectivity index (χ3v) is 7.21. The predicted molar refractivity (Wildman–Crippen MR) is 207 cm³/mol. The van der Waals surface area contributed by atoms with Gasteiger partial charge >= 0.3 is 0 Å². The van der Waals surface area contributed by atoms with Gasteiger partial charge in [-0.1, -0.05) is 23.2 Å². The second kappa shape index (κ2) is 18.6. The minimum atomic E-state index is -0.631. The molecule has 6 rings (SSSR count). The lowest BCUT2D eigenvalue weighted by molar-refractivity contribution is -0.384. The van der Waals surface area contributed by atoms with Crippen LogP contribution in [0, 0.1) is 10.1 Å². The molecule has 0 bridgehead atoms. The van der Waals surface area contributed by atoms with Gasteiger partial charge in [0, 0.05) is 53.9 Å². The lowest BCUT2D eigenvalue weighted by atomic mass is 10.2. The van der Waals surface area contributed by atoms with Gasteiger partial charge < -0.3 is 31.3 Å². The first-order chi connectivity index (χ1) is 26.1. The van der Waals surface area contributed by atoms with Crippen LogP contribution in [0.3, 0.4) is 0 Å². The van der Waals surface area contributed by atoms with Gasteiger partial charge in [-0.15, -0.1) is 25.2 Å². The zero-order valence-electron chi connectivity index (χ0n) is 29.1. The van der Waals surface area contributed by atoms with Gasteiger partial charge in [-0.25, -0.2) is 0 Å². The largest absolute Gasteiger partial charge is 0.508 e. The highest BCUT2D eigenvalue weighted by molar-refractivity contribution is 6.31. The molecule has 1 aromatic heterocycles. The Kier molecular flexibility index (Phi) is 13.7. The fraction of sp³-hybridized carbons (Fsp3) is 0.0833. The normalized spacial score (nSPS) is 10.4. The van der Waals surface area contributed by atoms with E-state index >= 15 is 0 Å². The Labute approximate surface area is 322 Å². The zero-order valence-corrected chi connectivity index (χ0v) is 30.6. The molecular weight excluding hydrogens is 757 g/mol. The standard InChI is InChI=1S/C14H11ClN4O4.C14H11ClN4O2.C8H9NO2/c1-8(20)16-10-3-5-14(21)12(7-10)18-17-11-4-2-9(15)6-13(11)19(22)23;1-8(20)16-10-3-5-14(21)13(7-10)19-17-11-4-2-9(15)6-12(11)18-19;1-6(10)9-7-2-4-8(11)5-3-7/h2-7,21H,1H3,(H,16,20);2-7,21H,1H3,(H,16,20);2-5,11H,1H3,(H,9,10). The van der Waals surface area contributed by atoms with Gasteiger partial charge in [0.1, 0.15) is 39.7 Å². The molecule has 6 aromatic rings. The molecule has 17 nitrogen and oxygen atoms in total. The summed E-state index contributed by atoms with van der Waals surface area (Å²) in [4.78, 5) is 44.3. The molecule has 0 unspecified atom stereocenters. The number of hydrogen-bond donors (Lipinski definition) is 6. The predicted octanol–water partition coefficient (Wildman–Crippen LogP) is 8.42. The van der Waals surface area contributed by atoms with Gasteiger partial charge in [-0.05, 0) is 91.0 Å². The van der Waals surface area contributed by atoms with E-state index in [1.165, 1.54) is 74.1 Å². The molecule has 5 aromatic carbocycles. The second-order valence-corrected chi connectivity index (χ2v) is 12.1. The molecule has 0 fully saturated rings. The summed E-state index contributed by atoms with van der Waals surface area (Å²) in [7, 11) is 0. The Bertz CT molecular complexity index is 2400. The van der Waals surface area contributed by atoms with Crippen LogP contribution in [0.15, 0.2) is 107 Å². The number of aromatic hydroxyl groups is 3. The van der Waals surface area contributed by atoms with Crippen molar-refractivity contribution in [3.63, 3.8) is 0 Å². The van der Waals surface area contributed by atoms with E-state index in [2.05, 4.69) is 36.4 Å². The average Bonchev–Trinajstić information content (AvgIpc) is 3.53. The van der Waals surface area contributed by atoms with Gasteiger partial charge in [0.15, 0.2) is 5.69 Å². The number of halogens is 2. The highest BCUT2D eigenvalue weighted by atomic mass is 35.5. The number of azo groups is 1. The van der Waals surface area contributed by atoms with Crippen molar-refractivity contribution < 1.29 is 34.6 Å². The van der Waals surface area contributed by atoms with Gasteiger partial charge in [-0.2, -0.15) is 0 Å². The van der Waals surface area contributed by atoms with Crippen molar-refractivity contribution in [1.82, 2.24) is 15.0 Å². The molecular formula is C36H31Cl2N9O8. The molecule has 0 saturated heterocycles. The quantitative estimate of drug-likeness (QED) is 0.0390. The summed E-state index contributed by atoms with van der Waals surface area (Å²) in [5.74, 6) is -0.575. The van der Waals surface area contributed by atoms with E-state index in [4.69, 9.17) is 28.3 Å². The minimum absolute atomic E-state index is 0.00973. The minimum Gasteiger partial charge on any atom is -0.508 e. The molecule has 0 saturated carbocycles. The van der Waals surface area contributed by atoms with Crippen molar-refractivity contribution in [2.24, 2.45) is 10.2 Å². The summed E-state index contributed by atoms with van der Waals surface area (Å²) in [5, 5.41) is 64.2. The maximum absolute atomic E-state index is 11.1. The van der Waals surface area contributed by atoms with E-state index in [0.29, 0.717) is 38.8 Å². The lowest BCUT2D eigenvalue weighted by Crippen LogP contribution is -2.07. The van der Waals surface area contributed by atoms with Gasteiger partial charge in [-0.3, -0.25) is 24.5 Å². The molecule has 0 aliphatic carbocycles. The first-order valence-electron chi connectivity index (χ1n) is 15.7. The fourth-order valence-corrected chi connectivity index (χ4v) is 4.76. The van der Waals surface area contributed by atoms with E-state index in [9.17, 15) is 34.7 Å². The number of benzene rings is 5. The molecule has 0 aliphatic rings. The summed E-state index contributed by atoms with van der Waals surface area (Å²) in [6, 6.07) is 24.3. The number of nitro groups is 1. The number of nitrogens with one attached hydrogen (secondary N) is 3. The van der Waals surface area contributed by atoms with E-state index in [-0.39, 0.29) is 57.1 Å². The number of fused-ring (bicyclic) bond motifs is 1. The van der Waals surface area contributed by atoms with Crippen LogP contribution in [0.25, 0.3) is 16.7 Å². The van der Waals surface area contributed by atoms with Crippen molar-refractivity contribution in [3.05, 3.63) is 117 Å². The Balaban J connectivity index is 0.000000194. The Morgan fingerprint density at radius 3 is 1.76 bits per heavy atom. The number of phenols is 3. The lowest BCUT2D eigenvalue weighted by Gasteiger charge is -2.06. The SMILES string of the molecule is CC(=O)Nc1ccc(O)c(-n2nc3ccc(Cl)cc3n2)c1.CC(=O)Nc1ccc(O)c(N=Nc2ccc(Cl)cc2[N+](=O)[O-])c1.CC(=O)Nc1ccc(O)cc1. The summed E-state index contributed by atoms with van der Waals surface area (Å²) >= 11 is 11.6. The molecule has 1 heterocycles. The Morgan fingerprint density at radius 1 is 0.636 bits per heavy atom. The topological polar surface area (TPSA) is 247 Å². The molecule has 0 radical (unpaired) electrons. The summed E-state index contributed by atoms with van der Waals surface area (Å²) in [6.07, 6.45) is 0. The maximum Gasteiger partial charge on any atom is 0.298 e. The smallest absolute Gasteiger partial charge is 0.298 e. The molecule has 3 amide bonds. The first kappa shape index (κ1) is 40.7.